The van der Waals surface area contributed by atoms with Crippen LogP contribution in [-0.4, -0.2) is 12.0 Å². The number of hydrogen-bond donors (Lipinski definition) is 1. The fourth-order valence-electron chi connectivity index (χ4n) is 2.01. The van der Waals surface area contributed by atoms with E-state index in [9.17, 15) is 4.79 Å². The average molecular weight is 298 g/mol. The van der Waals surface area contributed by atoms with Crippen molar-refractivity contribution < 1.29 is 9.53 Å². The Hall–Kier alpha value is -1.03. The molecule has 0 fully saturated rings. The van der Waals surface area contributed by atoms with Gasteiger partial charge in [0.05, 0.1) is 10.2 Å². The Balaban J connectivity index is 2.53. The van der Waals surface area contributed by atoms with Crippen LogP contribution in [0, 0.1) is 19.8 Å². The van der Waals surface area contributed by atoms with Gasteiger partial charge in [-0.1, -0.05) is 19.9 Å². The van der Waals surface area contributed by atoms with Gasteiger partial charge in [-0.3, -0.25) is 4.79 Å². The zero-order chi connectivity index (χ0) is 12.7. The van der Waals surface area contributed by atoms with E-state index in [0.717, 1.165) is 27.0 Å². The van der Waals surface area contributed by atoms with Gasteiger partial charge in [-0.15, -0.1) is 0 Å². The Morgan fingerprint density at radius 3 is 2.59 bits per heavy atom. The first-order valence-corrected chi connectivity index (χ1v) is 6.48. The molecule has 0 aliphatic carbocycles. The minimum Gasteiger partial charge on any atom is -0.477 e. The molecule has 1 aromatic rings. The fraction of sp³-hybridized carbons (Fsp3) is 0.462. The van der Waals surface area contributed by atoms with Gasteiger partial charge in [0, 0.05) is 0 Å². The highest BCUT2D eigenvalue weighted by Gasteiger charge is 2.32. The number of carbonyl (C=O) groups is 1. The Labute approximate surface area is 110 Å². The molecule has 0 spiro atoms. The SMILES string of the molecule is Cc1cc(C)c2c(c1Br)OC(C(C)C)C(=O)N2. The molecule has 17 heavy (non-hydrogen) atoms. The van der Waals surface area contributed by atoms with Crippen molar-refractivity contribution in [2.45, 2.75) is 33.8 Å². The van der Waals surface area contributed by atoms with Crippen LogP contribution in [0.5, 0.6) is 5.75 Å². The molecule has 2 rings (SSSR count). The lowest BCUT2D eigenvalue weighted by atomic mass is 10.0. The van der Waals surface area contributed by atoms with Crippen LogP contribution in [0.4, 0.5) is 5.69 Å². The van der Waals surface area contributed by atoms with Gasteiger partial charge < -0.3 is 10.1 Å². The summed E-state index contributed by atoms with van der Waals surface area (Å²) in [4.78, 5) is 11.9. The third kappa shape index (κ3) is 2.06. The lowest BCUT2D eigenvalue weighted by molar-refractivity contribution is -0.125. The third-order valence-corrected chi connectivity index (χ3v) is 3.94. The second-order valence-electron chi connectivity index (χ2n) is 4.80. The Kier molecular flexibility index (Phi) is 3.17. The van der Waals surface area contributed by atoms with Crippen LogP contribution in [-0.2, 0) is 4.79 Å². The molecular formula is C13H16BrNO2. The molecule has 1 atom stereocenters. The molecule has 0 saturated carbocycles. The first kappa shape index (κ1) is 12.4. The van der Waals surface area contributed by atoms with Crippen molar-refractivity contribution in [3.63, 3.8) is 0 Å². The summed E-state index contributed by atoms with van der Waals surface area (Å²) in [6.07, 6.45) is -0.417. The van der Waals surface area contributed by atoms with E-state index in [-0.39, 0.29) is 11.8 Å². The number of rotatable bonds is 1. The number of ether oxygens (including phenoxy) is 1. The minimum absolute atomic E-state index is 0.0636. The van der Waals surface area contributed by atoms with Crippen LogP contribution >= 0.6 is 15.9 Å². The molecular weight excluding hydrogens is 282 g/mol. The number of hydrogen-bond acceptors (Lipinski definition) is 2. The maximum Gasteiger partial charge on any atom is 0.265 e. The standard InChI is InChI=1S/C13H16BrNO2/c1-6(2)11-13(16)15-10-8(4)5-7(3)9(14)12(10)17-11/h5-6,11H,1-4H3,(H,15,16). The quantitative estimate of drug-likeness (QED) is 0.862. The summed E-state index contributed by atoms with van der Waals surface area (Å²) in [6, 6.07) is 2.03. The lowest BCUT2D eigenvalue weighted by Gasteiger charge is -2.30. The van der Waals surface area contributed by atoms with Crippen molar-refractivity contribution >= 4 is 27.5 Å². The van der Waals surface area contributed by atoms with Crippen LogP contribution in [0.25, 0.3) is 0 Å². The summed E-state index contributed by atoms with van der Waals surface area (Å²) in [6.45, 7) is 7.94. The minimum atomic E-state index is -0.417. The number of nitrogens with one attached hydrogen (secondary N) is 1. The molecule has 4 heteroatoms. The Bertz CT molecular complexity index is 483. The van der Waals surface area contributed by atoms with Crippen LogP contribution in [0.15, 0.2) is 10.5 Å². The van der Waals surface area contributed by atoms with Gasteiger partial charge in [-0.05, 0) is 46.8 Å². The molecule has 1 N–H and O–H groups in total. The van der Waals surface area contributed by atoms with Crippen molar-refractivity contribution in [2.75, 3.05) is 5.32 Å². The van der Waals surface area contributed by atoms with E-state index in [1.807, 2.05) is 33.8 Å². The van der Waals surface area contributed by atoms with Crippen molar-refractivity contribution in [3.8, 4) is 5.75 Å². The summed E-state index contributed by atoms with van der Waals surface area (Å²) < 4.78 is 6.76. The smallest absolute Gasteiger partial charge is 0.265 e. The van der Waals surface area contributed by atoms with E-state index in [2.05, 4.69) is 21.2 Å². The second kappa shape index (κ2) is 4.33. The van der Waals surface area contributed by atoms with E-state index in [1.54, 1.807) is 0 Å². The van der Waals surface area contributed by atoms with E-state index in [0.29, 0.717) is 0 Å². The van der Waals surface area contributed by atoms with Gasteiger partial charge in [-0.25, -0.2) is 0 Å². The molecule has 1 aliphatic rings. The highest BCUT2D eigenvalue weighted by molar-refractivity contribution is 9.10. The first-order valence-electron chi connectivity index (χ1n) is 5.69. The molecule has 1 unspecified atom stereocenters. The summed E-state index contributed by atoms with van der Waals surface area (Å²) in [7, 11) is 0. The average Bonchev–Trinajstić information content (AvgIpc) is 2.25. The van der Waals surface area contributed by atoms with E-state index < -0.39 is 6.10 Å². The van der Waals surface area contributed by atoms with Crippen LogP contribution in [0.3, 0.4) is 0 Å². The maximum atomic E-state index is 11.9. The number of benzene rings is 1. The van der Waals surface area contributed by atoms with E-state index >= 15 is 0 Å². The molecule has 0 aromatic heterocycles. The van der Waals surface area contributed by atoms with Gasteiger partial charge in [-0.2, -0.15) is 0 Å². The molecule has 3 nitrogen and oxygen atoms in total. The summed E-state index contributed by atoms with van der Waals surface area (Å²) in [5.74, 6) is 0.836. The molecule has 92 valence electrons. The van der Waals surface area contributed by atoms with Gasteiger partial charge in [0.25, 0.3) is 5.91 Å². The Morgan fingerprint density at radius 1 is 1.35 bits per heavy atom. The Morgan fingerprint density at radius 2 is 2.00 bits per heavy atom. The van der Waals surface area contributed by atoms with E-state index in [1.165, 1.54) is 0 Å². The second-order valence-corrected chi connectivity index (χ2v) is 5.59. The van der Waals surface area contributed by atoms with Gasteiger partial charge >= 0.3 is 0 Å². The normalized spacial score (nSPS) is 18.7. The molecule has 1 amide bonds. The molecule has 0 saturated heterocycles. The fourth-order valence-corrected chi connectivity index (χ4v) is 2.41. The highest BCUT2D eigenvalue weighted by Crippen LogP contribution is 2.42. The number of aryl methyl sites for hydroxylation is 2. The predicted octanol–water partition coefficient (Wildman–Crippen LogP) is 3.42. The molecule has 0 bridgehead atoms. The molecule has 1 aromatic carbocycles. The predicted molar refractivity (Wildman–Crippen MR) is 71.5 cm³/mol. The van der Waals surface area contributed by atoms with Crippen LogP contribution in [0.2, 0.25) is 0 Å². The van der Waals surface area contributed by atoms with Gasteiger partial charge in [0.1, 0.15) is 0 Å². The van der Waals surface area contributed by atoms with Crippen molar-refractivity contribution in [2.24, 2.45) is 5.92 Å². The highest BCUT2D eigenvalue weighted by atomic mass is 79.9. The van der Waals surface area contributed by atoms with Crippen LogP contribution in [0.1, 0.15) is 25.0 Å². The number of fused-ring (bicyclic) bond motifs is 1. The summed E-state index contributed by atoms with van der Waals surface area (Å²) >= 11 is 3.52. The number of halogens is 1. The zero-order valence-electron chi connectivity index (χ0n) is 10.4. The van der Waals surface area contributed by atoms with Gasteiger partial charge in [0.15, 0.2) is 11.9 Å². The van der Waals surface area contributed by atoms with Crippen molar-refractivity contribution in [1.82, 2.24) is 0 Å². The summed E-state index contributed by atoms with van der Waals surface area (Å²) in [5.41, 5.74) is 2.92. The lowest BCUT2D eigenvalue weighted by Crippen LogP contribution is -2.41. The number of amides is 1. The third-order valence-electron chi connectivity index (χ3n) is 2.96. The number of carbonyl (C=O) groups excluding carboxylic acids is 1. The first-order chi connectivity index (χ1) is 7.91. The number of anilines is 1. The van der Waals surface area contributed by atoms with Crippen molar-refractivity contribution in [3.05, 3.63) is 21.7 Å². The molecule has 0 radical (unpaired) electrons. The topological polar surface area (TPSA) is 38.3 Å². The van der Waals surface area contributed by atoms with Crippen molar-refractivity contribution in [1.29, 1.82) is 0 Å². The summed E-state index contributed by atoms with van der Waals surface area (Å²) in [5, 5.41) is 2.93. The van der Waals surface area contributed by atoms with Gasteiger partial charge in [0.2, 0.25) is 0 Å². The monoisotopic (exact) mass is 297 g/mol. The maximum absolute atomic E-state index is 11.9. The molecule has 1 aliphatic heterocycles. The van der Waals surface area contributed by atoms with Crippen LogP contribution < -0.4 is 10.1 Å². The largest absolute Gasteiger partial charge is 0.477 e. The van der Waals surface area contributed by atoms with E-state index in [4.69, 9.17) is 4.74 Å². The molecule has 1 heterocycles. The zero-order valence-corrected chi connectivity index (χ0v) is 12.0.